The van der Waals surface area contributed by atoms with Gasteiger partial charge in [0.1, 0.15) is 5.75 Å². The minimum Gasteiger partial charge on any atom is -0.508 e. The molecule has 20 heavy (non-hydrogen) atoms. The van der Waals surface area contributed by atoms with Crippen molar-refractivity contribution in [3.63, 3.8) is 0 Å². The van der Waals surface area contributed by atoms with Gasteiger partial charge in [0.2, 0.25) is 0 Å². The van der Waals surface area contributed by atoms with Crippen molar-refractivity contribution in [3.05, 3.63) is 41.5 Å². The van der Waals surface area contributed by atoms with Gasteiger partial charge in [-0.1, -0.05) is 25.1 Å². The van der Waals surface area contributed by atoms with Gasteiger partial charge < -0.3 is 10.2 Å². The van der Waals surface area contributed by atoms with Crippen molar-refractivity contribution in [2.24, 2.45) is 5.41 Å². The largest absolute Gasteiger partial charge is 0.508 e. The average Bonchev–Trinajstić information content (AvgIpc) is 2.74. The number of fused-ring (bicyclic) bond motifs is 5. The van der Waals surface area contributed by atoms with E-state index in [-0.39, 0.29) is 11.5 Å². The van der Waals surface area contributed by atoms with Crippen LogP contribution in [-0.4, -0.2) is 16.3 Å². The van der Waals surface area contributed by atoms with Crippen molar-refractivity contribution in [1.82, 2.24) is 0 Å². The summed E-state index contributed by atoms with van der Waals surface area (Å²) in [5.74, 6) is 0.814. The van der Waals surface area contributed by atoms with E-state index in [0.717, 1.165) is 31.1 Å². The monoisotopic (exact) mass is 268 g/mol. The molecule has 3 atom stereocenters. The molecule has 2 aromatic rings. The van der Waals surface area contributed by atoms with Gasteiger partial charge in [-0.25, -0.2) is 0 Å². The molecule has 2 heteroatoms. The van der Waals surface area contributed by atoms with Crippen LogP contribution in [0.25, 0.3) is 10.8 Å². The topological polar surface area (TPSA) is 40.5 Å². The summed E-state index contributed by atoms with van der Waals surface area (Å²) in [6, 6.07) is 9.99. The highest BCUT2D eigenvalue weighted by Gasteiger charge is 2.48. The number of hydrogen-bond acceptors (Lipinski definition) is 2. The summed E-state index contributed by atoms with van der Waals surface area (Å²) in [5, 5.41) is 22.3. The zero-order chi connectivity index (χ0) is 13.9. The van der Waals surface area contributed by atoms with Crippen molar-refractivity contribution in [2.45, 2.75) is 44.6 Å². The molecule has 2 aromatic carbocycles. The molecule has 104 valence electrons. The van der Waals surface area contributed by atoms with Crippen molar-refractivity contribution >= 4 is 10.8 Å². The molecule has 0 aromatic heterocycles. The number of phenolic OH excluding ortho intramolecular Hbond substituents is 1. The molecule has 0 heterocycles. The minimum atomic E-state index is -0.156. The molecule has 4 rings (SSSR count). The first-order valence-electron chi connectivity index (χ1n) is 7.52. The molecule has 0 radical (unpaired) electrons. The van der Waals surface area contributed by atoms with Crippen LogP contribution >= 0.6 is 0 Å². The van der Waals surface area contributed by atoms with E-state index in [1.54, 1.807) is 6.07 Å². The van der Waals surface area contributed by atoms with E-state index in [2.05, 4.69) is 19.1 Å². The first-order valence-corrected chi connectivity index (χ1v) is 7.52. The predicted molar refractivity (Wildman–Crippen MR) is 80.0 cm³/mol. The van der Waals surface area contributed by atoms with E-state index < -0.39 is 0 Å². The Morgan fingerprint density at radius 1 is 1.15 bits per heavy atom. The van der Waals surface area contributed by atoms with Crippen LogP contribution in [-0.2, 0) is 6.42 Å². The highest BCUT2D eigenvalue weighted by molar-refractivity contribution is 5.88. The molecule has 0 saturated heterocycles. The minimum absolute atomic E-state index is 0.0532. The van der Waals surface area contributed by atoms with E-state index in [9.17, 15) is 10.2 Å². The Morgan fingerprint density at radius 2 is 2.00 bits per heavy atom. The summed E-state index contributed by atoms with van der Waals surface area (Å²) in [6.07, 6.45) is 3.95. The number of hydrogen-bond donors (Lipinski definition) is 2. The van der Waals surface area contributed by atoms with Crippen LogP contribution in [0.1, 0.15) is 43.2 Å². The normalized spacial score (nSPS) is 32.1. The molecule has 2 nitrogen and oxygen atoms in total. The Labute approximate surface area is 119 Å². The molecule has 0 unspecified atom stereocenters. The summed E-state index contributed by atoms with van der Waals surface area (Å²) in [7, 11) is 0. The van der Waals surface area contributed by atoms with Crippen LogP contribution in [0.4, 0.5) is 0 Å². The summed E-state index contributed by atoms with van der Waals surface area (Å²) >= 11 is 0. The van der Waals surface area contributed by atoms with Gasteiger partial charge in [-0.05, 0) is 65.6 Å². The molecule has 1 fully saturated rings. The van der Waals surface area contributed by atoms with Crippen LogP contribution in [0.15, 0.2) is 30.3 Å². The summed E-state index contributed by atoms with van der Waals surface area (Å²) in [4.78, 5) is 0. The Hall–Kier alpha value is -1.54. The van der Waals surface area contributed by atoms with E-state index >= 15 is 0 Å². The lowest BCUT2D eigenvalue weighted by molar-refractivity contribution is 0.0459. The number of phenols is 1. The number of benzene rings is 2. The predicted octanol–water partition coefficient (Wildman–Crippen LogP) is 3.74. The van der Waals surface area contributed by atoms with Gasteiger partial charge in [-0.2, -0.15) is 0 Å². The Morgan fingerprint density at radius 3 is 2.85 bits per heavy atom. The SMILES string of the molecule is C[C@@]12CCc3c(ccc4cc(O)ccc34)[C@H]1CC[C@@H]2O. The quantitative estimate of drug-likeness (QED) is 0.764. The standard InChI is InChI=1S/C18H20O2/c1-18-9-8-14-13-5-3-12(19)10-11(13)2-4-15(14)16(18)6-7-17(18)20/h2-5,10,16-17,19-20H,6-9H2,1H3/t16-,17+,18-/m1/s1. The van der Waals surface area contributed by atoms with Gasteiger partial charge in [0.05, 0.1) is 6.10 Å². The first kappa shape index (κ1) is 12.2. The maximum Gasteiger partial charge on any atom is 0.116 e. The van der Waals surface area contributed by atoms with Gasteiger partial charge in [-0.3, -0.25) is 0 Å². The lowest BCUT2D eigenvalue weighted by atomic mass is 9.65. The third-order valence-corrected chi connectivity index (χ3v) is 5.73. The van der Waals surface area contributed by atoms with Gasteiger partial charge >= 0.3 is 0 Å². The molecule has 2 aliphatic rings. The Bertz CT molecular complexity index is 691. The fourth-order valence-electron chi connectivity index (χ4n) is 4.47. The van der Waals surface area contributed by atoms with Crippen LogP contribution in [0.2, 0.25) is 0 Å². The Balaban J connectivity index is 1.93. The lowest BCUT2D eigenvalue weighted by Gasteiger charge is -2.40. The van der Waals surface area contributed by atoms with Gasteiger partial charge in [0.25, 0.3) is 0 Å². The number of rotatable bonds is 0. The zero-order valence-electron chi connectivity index (χ0n) is 11.8. The maximum absolute atomic E-state index is 10.3. The molecular weight excluding hydrogens is 248 g/mol. The fourth-order valence-corrected chi connectivity index (χ4v) is 4.47. The molecule has 0 spiro atoms. The second kappa shape index (κ2) is 3.98. The number of aliphatic hydroxyl groups excluding tert-OH is 1. The number of aliphatic hydroxyl groups is 1. The van der Waals surface area contributed by atoms with Crippen molar-refractivity contribution < 1.29 is 10.2 Å². The van der Waals surface area contributed by atoms with Crippen LogP contribution < -0.4 is 0 Å². The molecule has 2 N–H and O–H groups in total. The smallest absolute Gasteiger partial charge is 0.116 e. The maximum atomic E-state index is 10.3. The number of aromatic hydroxyl groups is 1. The molecule has 0 amide bonds. The van der Waals surface area contributed by atoms with Crippen LogP contribution in [0.5, 0.6) is 5.75 Å². The average molecular weight is 268 g/mol. The Kier molecular flexibility index (Phi) is 2.43. The van der Waals surface area contributed by atoms with Gasteiger partial charge in [0, 0.05) is 5.41 Å². The first-order chi connectivity index (χ1) is 9.59. The molecule has 0 aliphatic heterocycles. The summed E-state index contributed by atoms with van der Waals surface area (Å²) in [6.45, 7) is 2.25. The van der Waals surface area contributed by atoms with Gasteiger partial charge in [0.15, 0.2) is 0 Å². The summed E-state index contributed by atoms with van der Waals surface area (Å²) < 4.78 is 0. The second-order valence-electron chi connectivity index (χ2n) is 6.69. The highest BCUT2D eigenvalue weighted by Crippen LogP contribution is 2.56. The van der Waals surface area contributed by atoms with Crippen LogP contribution in [0.3, 0.4) is 0 Å². The van der Waals surface area contributed by atoms with Gasteiger partial charge in [-0.15, -0.1) is 0 Å². The third kappa shape index (κ3) is 1.49. The van der Waals surface area contributed by atoms with Crippen LogP contribution in [0, 0.1) is 5.41 Å². The highest BCUT2D eigenvalue weighted by atomic mass is 16.3. The fraction of sp³-hybridized carbons (Fsp3) is 0.444. The third-order valence-electron chi connectivity index (χ3n) is 5.73. The van der Waals surface area contributed by atoms with E-state index in [1.165, 1.54) is 16.5 Å². The van der Waals surface area contributed by atoms with Crippen molar-refractivity contribution in [1.29, 1.82) is 0 Å². The van der Waals surface area contributed by atoms with Crippen molar-refractivity contribution in [2.75, 3.05) is 0 Å². The second-order valence-corrected chi connectivity index (χ2v) is 6.69. The van der Waals surface area contributed by atoms with E-state index in [0.29, 0.717) is 11.7 Å². The molecule has 1 saturated carbocycles. The summed E-state index contributed by atoms with van der Waals surface area (Å²) in [5.41, 5.74) is 2.91. The zero-order valence-corrected chi connectivity index (χ0v) is 11.8. The van der Waals surface area contributed by atoms with Crippen molar-refractivity contribution in [3.8, 4) is 5.75 Å². The lowest BCUT2D eigenvalue weighted by Crippen LogP contribution is -2.35. The molecule has 2 aliphatic carbocycles. The molecular formula is C18H20O2. The number of aryl methyl sites for hydroxylation is 1. The van der Waals surface area contributed by atoms with E-state index in [1.807, 2.05) is 12.1 Å². The van der Waals surface area contributed by atoms with E-state index in [4.69, 9.17) is 0 Å². The molecule has 0 bridgehead atoms.